The Morgan fingerprint density at radius 3 is 2.84 bits per heavy atom. The Kier molecular flexibility index (Phi) is 5.79. The van der Waals surface area contributed by atoms with Crippen molar-refractivity contribution in [3.8, 4) is 11.5 Å². The summed E-state index contributed by atoms with van der Waals surface area (Å²) in [6.45, 7) is 2.99. The summed E-state index contributed by atoms with van der Waals surface area (Å²) in [7, 11) is 0. The van der Waals surface area contributed by atoms with Gasteiger partial charge in [-0.05, 0) is 31.2 Å². The van der Waals surface area contributed by atoms with Crippen LogP contribution in [-0.2, 0) is 27.5 Å². The van der Waals surface area contributed by atoms with E-state index in [9.17, 15) is 4.79 Å². The number of benzene rings is 2. The van der Waals surface area contributed by atoms with Crippen molar-refractivity contribution in [1.82, 2.24) is 0 Å². The summed E-state index contributed by atoms with van der Waals surface area (Å²) in [4.78, 5) is 11.9. The fourth-order valence-corrected chi connectivity index (χ4v) is 2.74. The minimum absolute atomic E-state index is 0.103. The molecule has 0 fully saturated rings. The van der Waals surface area contributed by atoms with E-state index >= 15 is 0 Å². The molecule has 1 aliphatic rings. The van der Waals surface area contributed by atoms with Gasteiger partial charge in [0.05, 0.1) is 19.6 Å². The van der Waals surface area contributed by atoms with E-state index in [4.69, 9.17) is 30.5 Å². The number of carbonyl (C=O) groups is 1. The van der Waals surface area contributed by atoms with Crippen molar-refractivity contribution in [1.29, 1.82) is 0 Å². The maximum atomic E-state index is 11.9. The molecule has 0 unspecified atom stereocenters. The second kappa shape index (κ2) is 8.23. The van der Waals surface area contributed by atoms with E-state index in [1.165, 1.54) is 0 Å². The Morgan fingerprint density at radius 2 is 2.04 bits per heavy atom. The van der Waals surface area contributed by atoms with Crippen LogP contribution in [0.2, 0.25) is 5.02 Å². The molecular formula is C19H19ClO5. The van der Waals surface area contributed by atoms with Crippen molar-refractivity contribution in [2.75, 3.05) is 13.4 Å². The standard InChI is InChI=1S/C19H19ClO5/c1-13-2-4-17(5-3-13)23-7-6-18(21)24-11-15-9-16(20)8-14-10-22-12-25-19(14)15/h2-5,8-9H,6-7,10-12H2,1H3. The summed E-state index contributed by atoms with van der Waals surface area (Å²) in [5, 5.41) is 0.557. The molecule has 2 aromatic rings. The molecule has 0 saturated heterocycles. The third kappa shape index (κ3) is 4.87. The lowest BCUT2D eigenvalue weighted by Gasteiger charge is -2.21. The van der Waals surface area contributed by atoms with E-state index in [0.29, 0.717) is 17.4 Å². The first-order valence-corrected chi connectivity index (χ1v) is 8.36. The molecule has 0 spiro atoms. The maximum Gasteiger partial charge on any atom is 0.309 e. The molecule has 1 aliphatic heterocycles. The summed E-state index contributed by atoms with van der Waals surface area (Å²) >= 11 is 6.09. The van der Waals surface area contributed by atoms with Crippen molar-refractivity contribution in [3.05, 3.63) is 58.1 Å². The molecule has 0 aromatic heterocycles. The molecule has 25 heavy (non-hydrogen) atoms. The normalized spacial score (nSPS) is 12.9. The zero-order valence-electron chi connectivity index (χ0n) is 13.9. The molecule has 0 atom stereocenters. The van der Waals surface area contributed by atoms with Crippen LogP contribution in [0.3, 0.4) is 0 Å². The first-order chi connectivity index (χ1) is 12.1. The number of hydrogen-bond donors (Lipinski definition) is 0. The van der Waals surface area contributed by atoms with E-state index in [1.54, 1.807) is 12.1 Å². The van der Waals surface area contributed by atoms with Crippen LogP contribution in [0.15, 0.2) is 36.4 Å². The minimum atomic E-state index is -0.340. The number of esters is 1. The van der Waals surface area contributed by atoms with Gasteiger partial charge in [0, 0.05) is 16.1 Å². The first-order valence-electron chi connectivity index (χ1n) is 7.99. The van der Waals surface area contributed by atoms with Gasteiger partial charge in [-0.1, -0.05) is 29.3 Å². The molecular weight excluding hydrogens is 344 g/mol. The number of halogens is 1. The lowest BCUT2D eigenvalue weighted by atomic mass is 10.1. The van der Waals surface area contributed by atoms with E-state index in [0.717, 1.165) is 22.4 Å². The molecule has 0 radical (unpaired) electrons. The molecule has 0 saturated carbocycles. The molecule has 132 valence electrons. The SMILES string of the molecule is Cc1ccc(OCCC(=O)OCc2cc(Cl)cc3c2OCOC3)cc1. The molecule has 2 aromatic carbocycles. The minimum Gasteiger partial charge on any atom is -0.493 e. The van der Waals surface area contributed by atoms with E-state index in [2.05, 4.69) is 0 Å². The van der Waals surface area contributed by atoms with Gasteiger partial charge >= 0.3 is 5.97 Å². The van der Waals surface area contributed by atoms with Gasteiger partial charge in [0.15, 0.2) is 6.79 Å². The summed E-state index contributed by atoms with van der Waals surface area (Å²) in [5.74, 6) is 1.07. The van der Waals surface area contributed by atoms with Crippen LogP contribution in [0.4, 0.5) is 0 Å². The summed E-state index contributed by atoms with van der Waals surface area (Å²) in [6, 6.07) is 11.2. The van der Waals surface area contributed by atoms with Crippen molar-refractivity contribution in [2.24, 2.45) is 0 Å². The molecule has 3 rings (SSSR count). The quantitative estimate of drug-likeness (QED) is 0.726. The predicted molar refractivity (Wildman–Crippen MR) is 92.8 cm³/mol. The van der Waals surface area contributed by atoms with Crippen LogP contribution in [0, 0.1) is 6.92 Å². The van der Waals surface area contributed by atoms with Crippen LogP contribution in [0.1, 0.15) is 23.1 Å². The van der Waals surface area contributed by atoms with Crippen molar-refractivity contribution < 1.29 is 23.7 Å². The van der Waals surface area contributed by atoms with Gasteiger partial charge in [0.1, 0.15) is 18.1 Å². The topological polar surface area (TPSA) is 54.0 Å². The number of fused-ring (bicyclic) bond motifs is 1. The molecule has 1 heterocycles. The second-order valence-electron chi connectivity index (χ2n) is 5.74. The van der Waals surface area contributed by atoms with Gasteiger partial charge in [0.25, 0.3) is 0 Å². The lowest BCUT2D eigenvalue weighted by molar-refractivity contribution is -0.145. The smallest absolute Gasteiger partial charge is 0.309 e. The molecule has 0 bridgehead atoms. The van der Waals surface area contributed by atoms with E-state index < -0.39 is 0 Å². The summed E-state index contributed by atoms with van der Waals surface area (Å²) < 4.78 is 21.6. The lowest BCUT2D eigenvalue weighted by Crippen LogP contribution is -2.15. The van der Waals surface area contributed by atoms with Crippen LogP contribution in [0.5, 0.6) is 11.5 Å². The highest BCUT2D eigenvalue weighted by Crippen LogP contribution is 2.32. The first kappa shape index (κ1) is 17.6. The molecule has 0 aliphatic carbocycles. The van der Waals surface area contributed by atoms with Crippen molar-refractivity contribution >= 4 is 17.6 Å². The largest absolute Gasteiger partial charge is 0.493 e. The molecule has 5 nitrogen and oxygen atoms in total. The van der Waals surface area contributed by atoms with Gasteiger partial charge in [-0.15, -0.1) is 0 Å². The van der Waals surface area contributed by atoms with Crippen LogP contribution >= 0.6 is 11.6 Å². The third-order valence-electron chi connectivity index (χ3n) is 3.74. The number of aryl methyl sites for hydroxylation is 1. The van der Waals surface area contributed by atoms with Crippen molar-refractivity contribution in [2.45, 2.75) is 26.6 Å². The van der Waals surface area contributed by atoms with Crippen LogP contribution in [-0.4, -0.2) is 19.4 Å². The zero-order valence-corrected chi connectivity index (χ0v) is 14.7. The van der Waals surface area contributed by atoms with Gasteiger partial charge in [-0.2, -0.15) is 0 Å². The van der Waals surface area contributed by atoms with Gasteiger partial charge in [-0.3, -0.25) is 4.79 Å². The fraction of sp³-hybridized carbons (Fsp3) is 0.316. The Labute approximate surface area is 151 Å². The molecule has 6 heteroatoms. The van der Waals surface area contributed by atoms with Gasteiger partial charge in [0.2, 0.25) is 0 Å². The maximum absolute atomic E-state index is 11.9. The summed E-state index contributed by atoms with van der Waals surface area (Å²) in [5.41, 5.74) is 2.75. The number of hydrogen-bond acceptors (Lipinski definition) is 5. The fourth-order valence-electron chi connectivity index (χ4n) is 2.48. The van der Waals surface area contributed by atoms with Crippen LogP contribution < -0.4 is 9.47 Å². The number of rotatable bonds is 6. The average Bonchev–Trinajstić information content (AvgIpc) is 2.61. The Hall–Kier alpha value is -2.24. The predicted octanol–water partition coefficient (Wildman–Crippen LogP) is 4.03. The highest BCUT2D eigenvalue weighted by Gasteiger charge is 2.17. The number of carbonyl (C=O) groups excluding carboxylic acids is 1. The molecule has 0 N–H and O–H groups in total. The Balaban J connectivity index is 1.49. The molecule has 0 amide bonds. The van der Waals surface area contributed by atoms with Crippen LogP contribution in [0.25, 0.3) is 0 Å². The monoisotopic (exact) mass is 362 g/mol. The average molecular weight is 363 g/mol. The van der Waals surface area contributed by atoms with Gasteiger partial charge in [-0.25, -0.2) is 0 Å². The van der Waals surface area contributed by atoms with E-state index in [-0.39, 0.29) is 32.4 Å². The van der Waals surface area contributed by atoms with E-state index in [1.807, 2.05) is 31.2 Å². The Bertz CT molecular complexity index is 742. The zero-order chi connectivity index (χ0) is 17.6. The van der Waals surface area contributed by atoms with Crippen molar-refractivity contribution in [3.63, 3.8) is 0 Å². The van der Waals surface area contributed by atoms with Gasteiger partial charge < -0.3 is 18.9 Å². The highest BCUT2D eigenvalue weighted by molar-refractivity contribution is 6.30. The second-order valence-corrected chi connectivity index (χ2v) is 6.17. The Morgan fingerprint density at radius 1 is 1.24 bits per heavy atom. The summed E-state index contributed by atoms with van der Waals surface area (Å²) in [6.07, 6.45) is 0.167. The number of ether oxygens (including phenoxy) is 4. The third-order valence-corrected chi connectivity index (χ3v) is 3.95. The highest BCUT2D eigenvalue weighted by atomic mass is 35.5.